The van der Waals surface area contributed by atoms with E-state index in [9.17, 15) is 14.7 Å². The van der Waals surface area contributed by atoms with Gasteiger partial charge in [0.2, 0.25) is 0 Å². The van der Waals surface area contributed by atoms with E-state index in [2.05, 4.69) is 18.8 Å². The monoisotopic (exact) mass is 421 g/mol. The zero-order valence-electron chi connectivity index (χ0n) is 18.3. The van der Waals surface area contributed by atoms with Crippen molar-refractivity contribution in [3.8, 4) is 5.75 Å². The predicted molar refractivity (Wildman–Crippen MR) is 117 cm³/mol. The molecule has 7 nitrogen and oxygen atoms in total. The summed E-state index contributed by atoms with van der Waals surface area (Å²) in [6.07, 6.45) is 2.53. The first-order valence-electron chi connectivity index (χ1n) is 10.4. The molecule has 4 rings (SSSR count). The Bertz CT molecular complexity index is 1160. The molecule has 0 radical (unpaired) electrons. The minimum atomic E-state index is -1.05. The number of carbonyl (C=O) groups is 2. The molecule has 0 saturated heterocycles. The van der Waals surface area contributed by atoms with Crippen LogP contribution < -0.4 is 4.74 Å². The fraction of sp³-hybridized carbons (Fsp3) is 0.375. The van der Waals surface area contributed by atoms with E-state index in [1.54, 1.807) is 18.5 Å². The predicted octanol–water partition coefficient (Wildman–Crippen LogP) is 4.06. The summed E-state index contributed by atoms with van der Waals surface area (Å²) >= 11 is 0. The highest BCUT2D eigenvalue weighted by Gasteiger charge is 2.30. The molecule has 0 fully saturated rings. The molecule has 0 atom stereocenters. The van der Waals surface area contributed by atoms with Gasteiger partial charge in [0.25, 0.3) is 5.91 Å². The van der Waals surface area contributed by atoms with Crippen LogP contribution in [0.25, 0.3) is 11.0 Å². The molecule has 0 unspecified atom stereocenters. The maximum atomic E-state index is 13.2. The minimum absolute atomic E-state index is 0.206. The second-order valence-corrected chi connectivity index (χ2v) is 8.98. The number of carboxylic acids is 1. The molecule has 1 aliphatic heterocycles. The Kier molecular flexibility index (Phi) is 5.21. The van der Waals surface area contributed by atoms with E-state index in [-0.39, 0.29) is 30.6 Å². The van der Waals surface area contributed by atoms with Crippen molar-refractivity contribution >= 4 is 22.9 Å². The van der Waals surface area contributed by atoms with Gasteiger partial charge < -0.3 is 19.3 Å². The summed E-state index contributed by atoms with van der Waals surface area (Å²) < 4.78 is 7.95. The second kappa shape index (κ2) is 7.72. The number of benzene rings is 2. The summed E-state index contributed by atoms with van der Waals surface area (Å²) in [4.78, 5) is 30.4. The molecule has 0 spiro atoms. The highest BCUT2D eigenvalue weighted by molar-refractivity contribution is 5.98. The van der Waals surface area contributed by atoms with E-state index in [4.69, 9.17) is 4.74 Å². The molecule has 0 saturated carbocycles. The van der Waals surface area contributed by atoms with Crippen LogP contribution in [0, 0.1) is 0 Å². The van der Waals surface area contributed by atoms with Gasteiger partial charge in [-0.25, -0.2) is 4.98 Å². The number of amides is 1. The van der Waals surface area contributed by atoms with Gasteiger partial charge in [-0.2, -0.15) is 0 Å². The Labute approximate surface area is 181 Å². The summed E-state index contributed by atoms with van der Waals surface area (Å²) in [5.74, 6) is -0.541. The Morgan fingerprint density at radius 1 is 1.23 bits per heavy atom. The quantitative estimate of drug-likeness (QED) is 0.649. The Morgan fingerprint density at radius 3 is 2.71 bits per heavy atom. The Balaban J connectivity index is 1.60. The van der Waals surface area contributed by atoms with Crippen LogP contribution in [-0.2, 0) is 17.8 Å². The van der Waals surface area contributed by atoms with Gasteiger partial charge in [0.15, 0.2) is 0 Å². The lowest BCUT2D eigenvalue weighted by Crippen LogP contribution is -2.35. The molecule has 1 N–H and O–H groups in total. The molecule has 2 heterocycles. The number of hydrogen-bond donors (Lipinski definition) is 1. The average molecular weight is 421 g/mol. The number of fused-ring (bicyclic) bond motifs is 2. The van der Waals surface area contributed by atoms with Crippen LogP contribution in [0.3, 0.4) is 0 Å². The Hall–Kier alpha value is -3.35. The number of hydrogen-bond acceptors (Lipinski definition) is 4. The molecular weight excluding hydrogens is 394 g/mol. The number of rotatable bonds is 6. The van der Waals surface area contributed by atoms with Gasteiger partial charge in [-0.1, -0.05) is 12.1 Å². The van der Waals surface area contributed by atoms with Gasteiger partial charge in [-0.15, -0.1) is 0 Å². The molecule has 3 aromatic rings. The molecule has 0 aliphatic carbocycles. The van der Waals surface area contributed by atoms with E-state index < -0.39 is 5.97 Å². The molecule has 7 heteroatoms. The number of aliphatic carboxylic acids is 1. The van der Waals surface area contributed by atoms with Crippen molar-refractivity contribution in [2.75, 3.05) is 6.54 Å². The first kappa shape index (κ1) is 20.9. The number of nitrogens with zero attached hydrogens (tertiary/aromatic N) is 3. The topological polar surface area (TPSA) is 84.7 Å². The Morgan fingerprint density at radius 2 is 2.00 bits per heavy atom. The third kappa shape index (κ3) is 4.26. The van der Waals surface area contributed by atoms with Gasteiger partial charge in [0.1, 0.15) is 17.9 Å². The van der Waals surface area contributed by atoms with Gasteiger partial charge in [0, 0.05) is 24.6 Å². The molecule has 0 bridgehead atoms. The summed E-state index contributed by atoms with van der Waals surface area (Å²) in [7, 11) is 0. The summed E-state index contributed by atoms with van der Waals surface area (Å²) in [5.41, 5.74) is 3.77. The van der Waals surface area contributed by atoms with Gasteiger partial charge in [0.05, 0.1) is 17.4 Å². The average Bonchev–Trinajstić information content (AvgIpc) is 3.24. The van der Waals surface area contributed by atoms with Crippen molar-refractivity contribution in [1.29, 1.82) is 0 Å². The fourth-order valence-corrected chi connectivity index (χ4v) is 4.10. The zero-order valence-corrected chi connectivity index (χ0v) is 18.3. The van der Waals surface area contributed by atoms with Crippen LogP contribution >= 0.6 is 0 Å². The maximum absolute atomic E-state index is 13.2. The van der Waals surface area contributed by atoms with Crippen LogP contribution in [-0.4, -0.2) is 43.6 Å². The standard InChI is InChI=1S/C24H27N3O4/c1-15(2)27-14-25-19-10-17(6-7-20(19)27)23(30)26(13-22(28)29)12-16-5-8-21-18(9-16)11-24(3,4)31-21/h5-10,14-15H,11-13H2,1-4H3,(H,28,29). The van der Waals surface area contributed by atoms with Crippen molar-refractivity contribution in [2.24, 2.45) is 0 Å². The molecule has 31 heavy (non-hydrogen) atoms. The van der Waals surface area contributed by atoms with Crippen LogP contribution in [0.5, 0.6) is 5.75 Å². The lowest BCUT2D eigenvalue weighted by atomic mass is 10.00. The minimum Gasteiger partial charge on any atom is -0.487 e. The largest absolute Gasteiger partial charge is 0.487 e. The fourth-order valence-electron chi connectivity index (χ4n) is 4.10. The number of carboxylic acid groups (broad SMARTS) is 1. The number of imidazole rings is 1. The maximum Gasteiger partial charge on any atom is 0.323 e. The summed E-state index contributed by atoms with van der Waals surface area (Å²) in [6.45, 7) is 8.02. The van der Waals surface area contributed by atoms with E-state index in [0.717, 1.165) is 28.8 Å². The van der Waals surface area contributed by atoms with Crippen molar-refractivity contribution in [3.05, 3.63) is 59.4 Å². The van der Waals surface area contributed by atoms with Gasteiger partial charge in [-0.3, -0.25) is 9.59 Å². The van der Waals surface area contributed by atoms with Crippen molar-refractivity contribution in [1.82, 2.24) is 14.5 Å². The van der Waals surface area contributed by atoms with Crippen molar-refractivity contribution in [3.63, 3.8) is 0 Å². The highest BCUT2D eigenvalue weighted by Crippen LogP contribution is 2.35. The van der Waals surface area contributed by atoms with E-state index in [1.807, 2.05) is 42.7 Å². The molecule has 162 valence electrons. The van der Waals surface area contributed by atoms with Crippen molar-refractivity contribution < 1.29 is 19.4 Å². The van der Waals surface area contributed by atoms with E-state index in [1.165, 1.54) is 4.90 Å². The van der Waals surface area contributed by atoms with E-state index in [0.29, 0.717) is 11.1 Å². The summed E-state index contributed by atoms with van der Waals surface area (Å²) in [5, 5.41) is 9.39. The van der Waals surface area contributed by atoms with Crippen molar-refractivity contribution in [2.45, 2.75) is 52.3 Å². The summed E-state index contributed by atoms with van der Waals surface area (Å²) in [6, 6.07) is 11.4. The third-order valence-corrected chi connectivity index (χ3v) is 5.49. The SMILES string of the molecule is CC(C)n1cnc2cc(C(=O)N(CC(=O)O)Cc3ccc4c(c3)CC(C)(C)O4)ccc21. The zero-order chi connectivity index (χ0) is 22.3. The van der Waals surface area contributed by atoms with Crippen LogP contribution in [0.4, 0.5) is 0 Å². The lowest BCUT2D eigenvalue weighted by molar-refractivity contribution is -0.137. The molecule has 1 aromatic heterocycles. The first-order valence-corrected chi connectivity index (χ1v) is 10.4. The van der Waals surface area contributed by atoms with Crippen LogP contribution in [0.15, 0.2) is 42.7 Å². The first-order chi connectivity index (χ1) is 14.6. The normalized spacial score (nSPS) is 14.5. The molecule has 2 aromatic carbocycles. The lowest BCUT2D eigenvalue weighted by Gasteiger charge is -2.21. The van der Waals surface area contributed by atoms with Crippen LogP contribution in [0.2, 0.25) is 0 Å². The smallest absolute Gasteiger partial charge is 0.323 e. The number of carbonyl (C=O) groups excluding carboxylic acids is 1. The third-order valence-electron chi connectivity index (χ3n) is 5.49. The molecule has 1 amide bonds. The highest BCUT2D eigenvalue weighted by atomic mass is 16.5. The number of aromatic nitrogens is 2. The second-order valence-electron chi connectivity index (χ2n) is 8.98. The molecular formula is C24H27N3O4. The van der Waals surface area contributed by atoms with Crippen LogP contribution in [0.1, 0.15) is 55.2 Å². The van der Waals surface area contributed by atoms with Gasteiger partial charge in [-0.05, 0) is 63.1 Å². The van der Waals surface area contributed by atoms with Gasteiger partial charge >= 0.3 is 5.97 Å². The number of ether oxygens (including phenoxy) is 1. The molecule has 1 aliphatic rings. The van der Waals surface area contributed by atoms with E-state index >= 15 is 0 Å².